The first-order valence-electron chi connectivity index (χ1n) is 5.44. The number of nitrogens with one attached hydrogen (secondary N) is 1. The average molecular weight is 222 g/mol. The van der Waals surface area contributed by atoms with Crippen LogP contribution in [0.25, 0.3) is 0 Å². The van der Waals surface area contributed by atoms with Gasteiger partial charge in [0.15, 0.2) is 0 Å². The van der Waals surface area contributed by atoms with E-state index in [2.05, 4.69) is 5.32 Å². The van der Waals surface area contributed by atoms with Gasteiger partial charge in [-0.15, -0.1) is 0 Å². The Morgan fingerprint density at radius 2 is 2.38 bits per heavy atom. The molecule has 0 fully saturated rings. The van der Waals surface area contributed by atoms with Crippen molar-refractivity contribution < 1.29 is 9.18 Å². The normalized spacial score (nSPS) is 23.1. The lowest BCUT2D eigenvalue weighted by atomic mass is 9.91. The molecule has 0 bridgehead atoms. The summed E-state index contributed by atoms with van der Waals surface area (Å²) in [6.07, 6.45) is 1.29. The van der Waals surface area contributed by atoms with Gasteiger partial charge in [0, 0.05) is 0 Å². The van der Waals surface area contributed by atoms with Gasteiger partial charge in [0.2, 0.25) is 5.91 Å². The molecule has 1 aliphatic carbocycles. The second-order valence-electron chi connectivity index (χ2n) is 4.10. The largest absolute Gasteiger partial charge is 0.368 e. The number of fused-ring (bicyclic) bond motifs is 1. The number of hydrogen-bond donors (Lipinski definition) is 2. The number of amides is 1. The van der Waals surface area contributed by atoms with Crippen molar-refractivity contribution in [1.82, 2.24) is 5.32 Å². The Morgan fingerprint density at radius 1 is 1.62 bits per heavy atom. The van der Waals surface area contributed by atoms with Crippen LogP contribution in [0.2, 0.25) is 0 Å². The van der Waals surface area contributed by atoms with E-state index in [0.717, 1.165) is 11.1 Å². The third-order valence-electron chi connectivity index (χ3n) is 3.20. The summed E-state index contributed by atoms with van der Waals surface area (Å²) in [5.41, 5.74) is 6.37. The maximum absolute atomic E-state index is 13.1. The Hall–Kier alpha value is -1.42. The Morgan fingerprint density at radius 3 is 3.00 bits per heavy atom. The molecular formula is C12H15FN2O. The molecule has 0 heterocycles. The lowest BCUT2D eigenvalue weighted by molar-refractivity contribution is -0.124. The van der Waals surface area contributed by atoms with Crippen LogP contribution in [0.3, 0.4) is 0 Å². The van der Waals surface area contributed by atoms with Crippen molar-refractivity contribution in [3.8, 4) is 0 Å². The fourth-order valence-corrected chi connectivity index (χ4v) is 2.47. The highest BCUT2D eigenvalue weighted by molar-refractivity contribution is 5.87. The Balaban J connectivity index is 2.50. The minimum atomic E-state index is -0.808. The van der Waals surface area contributed by atoms with E-state index >= 15 is 0 Å². The molecule has 1 aromatic carbocycles. The summed E-state index contributed by atoms with van der Waals surface area (Å²) >= 11 is 0. The lowest BCUT2D eigenvalue weighted by Gasteiger charge is -2.27. The maximum atomic E-state index is 13.1. The SMILES string of the molecule is CCNC1(C(N)=O)CCc2cc(F)ccc21. The van der Waals surface area contributed by atoms with Crippen LogP contribution >= 0.6 is 0 Å². The van der Waals surface area contributed by atoms with Gasteiger partial charge in [-0.3, -0.25) is 10.1 Å². The van der Waals surface area contributed by atoms with E-state index in [0.29, 0.717) is 19.4 Å². The smallest absolute Gasteiger partial charge is 0.242 e. The second-order valence-corrected chi connectivity index (χ2v) is 4.10. The van der Waals surface area contributed by atoms with Gasteiger partial charge in [-0.2, -0.15) is 0 Å². The minimum Gasteiger partial charge on any atom is -0.368 e. The molecule has 16 heavy (non-hydrogen) atoms. The molecule has 0 saturated heterocycles. The average Bonchev–Trinajstić information content (AvgIpc) is 2.58. The van der Waals surface area contributed by atoms with E-state index in [1.807, 2.05) is 6.92 Å². The van der Waals surface area contributed by atoms with E-state index in [1.165, 1.54) is 12.1 Å². The lowest BCUT2D eigenvalue weighted by Crippen LogP contribution is -2.51. The third kappa shape index (κ3) is 1.50. The van der Waals surface area contributed by atoms with Gasteiger partial charge >= 0.3 is 0 Å². The van der Waals surface area contributed by atoms with Crippen LogP contribution in [0.15, 0.2) is 18.2 Å². The van der Waals surface area contributed by atoms with E-state index in [1.54, 1.807) is 6.07 Å². The zero-order chi connectivity index (χ0) is 11.8. The molecule has 1 aliphatic rings. The molecule has 0 saturated carbocycles. The summed E-state index contributed by atoms with van der Waals surface area (Å²) in [5.74, 6) is -0.657. The van der Waals surface area contributed by atoms with Crippen LogP contribution in [0, 0.1) is 5.82 Å². The van der Waals surface area contributed by atoms with Crippen molar-refractivity contribution in [3.05, 3.63) is 35.1 Å². The maximum Gasteiger partial charge on any atom is 0.242 e. The number of aryl methyl sites for hydroxylation is 1. The summed E-state index contributed by atoms with van der Waals surface area (Å²) in [7, 11) is 0. The molecule has 1 aromatic rings. The summed E-state index contributed by atoms with van der Waals surface area (Å²) in [6.45, 7) is 2.58. The highest BCUT2D eigenvalue weighted by Gasteiger charge is 2.43. The minimum absolute atomic E-state index is 0.268. The highest BCUT2D eigenvalue weighted by Crippen LogP contribution is 2.36. The van der Waals surface area contributed by atoms with Gasteiger partial charge in [0.1, 0.15) is 11.4 Å². The molecule has 0 aliphatic heterocycles. The first kappa shape index (κ1) is 11.1. The molecule has 2 rings (SSSR count). The van der Waals surface area contributed by atoms with Gasteiger partial charge in [0.05, 0.1) is 0 Å². The van der Waals surface area contributed by atoms with Gasteiger partial charge < -0.3 is 5.73 Å². The van der Waals surface area contributed by atoms with Crippen LogP contribution in [-0.2, 0) is 16.8 Å². The van der Waals surface area contributed by atoms with Gasteiger partial charge in [-0.25, -0.2) is 4.39 Å². The fraction of sp³-hybridized carbons (Fsp3) is 0.417. The molecule has 0 radical (unpaired) electrons. The molecule has 3 N–H and O–H groups in total. The number of benzene rings is 1. The van der Waals surface area contributed by atoms with Crippen LogP contribution < -0.4 is 11.1 Å². The topological polar surface area (TPSA) is 55.1 Å². The number of hydrogen-bond acceptors (Lipinski definition) is 2. The van der Waals surface area contributed by atoms with Gasteiger partial charge in [-0.1, -0.05) is 13.0 Å². The van der Waals surface area contributed by atoms with E-state index in [4.69, 9.17) is 5.73 Å². The highest BCUT2D eigenvalue weighted by atomic mass is 19.1. The fourth-order valence-electron chi connectivity index (χ4n) is 2.47. The third-order valence-corrected chi connectivity index (χ3v) is 3.20. The number of halogens is 1. The number of likely N-dealkylation sites (N-methyl/N-ethyl adjacent to an activating group) is 1. The van der Waals surface area contributed by atoms with Crippen molar-refractivity contribution in [3.63, 3.8) is 0 Å². The van der Waals surface area contributed by atoms with Gasteiger partial charge in [0.25, 0.3) is 0 Å². The second kappa shape index (κ2) is 3.87. The van der Waals surface area contributed by atoms with Crippen molar-refractivity contribution in [2.24, 2.45) is 5.73 Å². The van der Waals surface area contributed by atoms with Gasteiger partial charge in [-0.05, 0) is 42.6 Å². The monoisotopic (exact) mass is 222 g/mol. The number of carbonyl (C=O) groups is 1. The van der Waals surface area contributed by atoms with Crippen LogP contribution in [-0.4, -0.2) is 12.5 Å². The van der Waals surface area contributed by atoms with Crippen molar-refractivity contribution >= 4 is 5.91 Å². The van der Waals surface area contributed by atoms with Crippen LogP contribution in [0.5, 0.6) is 0 Å². The first-order valence-corrected chi connectivity index (χ1v) is 5.44. The molecule has 3 nitrogen and oxygen atoms in total. The van der Waals surface area contributed by atoms with E-state index in [-0.39, 0.29) is 11.7 Å². The first-order chi connectivity index (χ1) is 7.60. The molecule has 0 aromatic heterocycles. The predicted molar refractivity (Wildman–Crippen MR) is 59.3 cm³/mol. The summed E-state index contributed by atoms with van der Waals surface area (Å²) in [5, 5.41) is 3.14. The zero-order valence-electron chi connectivity index (χ0n) is 9.22. The Bertz CT molecular complexity index is 433. The number of rotatable bonds is 3. The van der Waals surface area contributed by atoms with Crippen molar-refractivity contribution in [2.45, 2.75) is 25.3 Å². The molecule has 86 valence electrons. The Kier molecular flexibility index (Phi) is 2.68. The van der Waals surface area contributed by atoms with Crippen LogP contribution in [0.4, 0.5) is 4.39 Å². The summed E-state index contributed by atoms with van der Waals surface area (Å²) in [4.78, 5) is 11.6. The van der Waals surface area contributed by atoms with E-state index in [9.17, 15) is 9.18 Å². The van der Waals surface area contributed by atoms with E-state index < -0.39 is 5.54 Å². The number of carbonyl (C=O) groups excluding carboxylic acids is 1. The molecule has 4 heteroatoms. The predicted octanol–water partition coefficient (Wildman–Crippen LogP) is 1.06. The number of nitrogens with two attached hydrogens (primary N) is 1. The summed E-state index contributed by atoms with van der Waals surface area (Å²) in [6, 6.07) is 4.52. The number of primary amides is 1. The zero-order valence-corrected chi connectivity index (χ0v) is 9.22. The standard InChI is InChI=1S/C12H15FN2O/c1-2-15-12(11(14)16)6-5-8-7-9(13)3-4-10(8)12/h3-4,7,15H,2,5-6H2,1H3,(H2,14,16). The molecule has 1 amide bonds. The molecule has 1 unspecified atom stereocenters. The Labute approximate surface area is 93.8 Å². The van der Waals surface area contributed by atoms with Crippen LogP contribution in [0.1, 0.15) is 24.5 Å². The molecule has 0 spiro atoms. The van der Waals surface area contributed by atoms with Crippen molar-refractivity contribution in [1.29, 1.82) is 0 Å². The quantitative estimate of drug-likeness (QED) is 0.803. The molecular weight excluding hydrogens is 207 g/mol. The summed E-state index contributed by atoms with van der Waals surface area (Å²) < 4.78 is 13.1. The molecule has 1 atom stereocenters. The van der Waals surface area contributed by atoms with Crippen molar-refractivity contribution in [2.75, 3.05) is 6.54 Å².